The van der Waals surface area contributed by atoms with Gasteiger partial charge in [-0.05, 0) is 67.5 Å². The van der Waals surface area contributed by atoms with Crippen molar-refractivity contribution in [3.05, 3.63) is 65.2 Å². The molecule has 2 aromatic carbocycles. The quantitative estimate of drug-likeness (QED) is 0.629. The number of hydrogen-bond acceptors (Lipinski definition) is 2. The van der Waals surface area contributed by atoms with Gasteiger partial charge in [-0.25, -0.2) is 0 Å². The Balaban J connectivity index is 2.01. The number of rotatable bonds is 7. The molecular formula is C20H24ClNO. The number of allylic oxidation sites excluding steroid dienone is 1. The molecule has 3 heteroatoms. The van der Waals surface area contributed by atoms with E-state index in [9.17, 15) is 0 Å². The molecule has 0 aromatic heterocycles. The molecule has 2 nitrogen and oxygen atoms in total. The van der Waals surface area contributed by atoms with Crippen LogP contribution in [0.15, 0.2) is 54.6 Å². The van der Waals surface area contributed by atoms with Crippen LogP contribution < -0.4 is 4.74 Å². The van der Waals surface area contributed by atoms with Gasteiger partial charge in [-0.1, -0.05) is 43.7 Å². The van der Waals surface area contributed by atoms with Crippen LogP contribution in [0.5, 0.6) is 11.5 Å². The molecule has 0 amide bonds. The summed E-state index contributed by atoms with van der Waals surface area (Å²) in [5, 5.41) is 0.710. The van der Waals surface area contributed by atoms with Crippen LogP contribution in [-0.4, -0.2) is 24.5 Å². The Labute approximate surface area is 144 Å². The van der Waals surface area contributed by atoms with E-state index in [-0.39, 0.29) is 0 Å². The van der Waals surface area contributed by atoms with Crippen LogP contribution in [0.25, 0.3) is 5.57 Å². The summed E-state index contributed by atoms with van der Waals surface area (Å²) < 4.78 is 5.81. The summed E-state index contributed by atoms with van der Waals surface area (Å²) in [7, 11) is 0. The van der Waals surface area contributed by atoms with Crippen molar-refractivity contribution in [2.24, 2.45) is 0 Å². The molecular weight excluding hydrogens is 306 g/mol. The lowest BCUT2D eigenvalue weighted by atomic mass is 10.1. The molecule has 0 unspecified atom stereocenters. The predicted octanol–water partition coefficient (Wildman–Crippen LogP) is 5.88. The van der Waals surface area contributed by atoms with Crippen molar-refractivity contribution >= 4 is 17.2 Å². The average molecular weight is 330 g/mol. The molecule has 0 aliphatic heterocycles. The minimum atomic E-state index is 0.710. The van der Waals surface area contributed by atoms with Crippen molar-refractivity contribution in [3.8, 4) is 11.5 Å². The molecule has 122 valence electrons. The maximum atomic E-state index is 5.88. The van der Waals surface area contributed by atoms with Crippen LogP contribution in [0.2, 0.25) is 5.02 Å². The molecule has 0 atom stereocenters. The van der Waals surface area contributed by atoms with Crippen LogP contribution in [0, 0.1) is 0 Å². The molecule has 0 spiro atoms. The highest BCUT2D eigenvalue weighted by Crippen LogP contribution is 2.25. The van der Waals surface area contributed by atoms with Gasteiger partial charge >= 0.3 is 0 Å². The number of benzene rings is 2. The third-order valence-electron chi connectivity index (χ3n) is 3.91. The van der Waals surface area contributed by atoms with Crippen molar-refractivity contribution in [1.29, 1.82) is 0 Å². The maximum absolute atomic E-state index is 5.88. The number of likely N-dealkylation sites (N-methyl/N-ethyl adjacent to an activating group) is 1. The first-order valence-electron chi connectivity index (χ1n) is 8.05. The highest BCUT2D eigenvalue weighted by molar-refractivity contribution is 6.30. The summed E-state index contributed by atoms with van der Waals surface area (Å²) in [5.74, 6) is 1.61. The van der Waals surface area contributed by atoms with Crippen molar-refractivity contribution in [2.75, 3.05) is 19.6 Å². The normalized spacial score (nSPS) is 11.8. The molecule has 0 aliphatic carbocycles. The van der Waals surface area contributed by atoms with Crippen LogP contribution in [-0.2, 0) is 0 Å². The van der Waals surface area contributed by atoms with E-state index in [0.29, 0.717) is 5.02 Å². The Bertz CT molecular complexity index is 628. The second kappa shape index (κ2) is 8.76. The van der Waals surface area contributed by atoms with Crippen molar-refractivity contribution < 1.29 is 4.74 Å². The van der Waals surface area contributed by atoms with E-state index in [0.717, 1.165) is 31.1 Å². The van der Waals surface area contributed by atoms with E-state index in [1.165, 1.54) is 11.1 Å². The Morgan fingerprint density at radius 3 is 2.00 bits per heavy atom. The summed E-state index contributed by atoms with van der Waals surface area (Å²) in [6, 6.07) is 15.6. The minimum Gasteiger partial charge on any atom is -0.457 e. The highest BCUT2D eigenvalue weighted by Gasteiger charge is 2.01. The fourth-order valence-electron chi connectivity index (χ4n) is 2.29. The molecule has 0 fully saturated rings. The Kier molecular flexibility index (Phi) is 6.69. The van der Waals surface area contributed by atoms with Gasteiger partial charge in [-0.15, -0.1) is 0 Å². The van der Waals surface area contributed by atoms with E-state index in [1.807, 2.05) is 36.4 Å². The van der Waals surface area contributed by atoms with Gasteiger partial charge in [-0.3, -0.25) is 0 Å². The van der Waals surface area contributed by atoms with E-state index < -0.39 is 0 Å². The third kappa shape index (κ3) is 5.42. The van der Waals surface area contributed by atoms with E-state index in [2.05, 4.69) is 43.9 Å². The van der Waals surface area contributed by atoms with Gasteiger partial charge in [0.1, 0.15) is 11.5 Å². The molecule has 2 rings (SSSR count). The zero-order valence-corrected chi connectivity index (χ0v) is 14.8. The standard InChI is InChI=1S/C20H24ClNO/c1-4-22(5-2)15-14-16(3)17-6-10-19(11-7-17)23-20-12-8-18(21)9-13-20/h6-14H,4-5,15H2,1-3H3. The summed E-state index contributed by atoms with van der Waals surface area (Å²) in [6.07, 6.45) is 2.28. The van der Waals surface area contributed by atoms with Crippen LogP contribution in [0.1, 0.15) is 26.3 Å². The number of halogens is 1. The van der Waals surface area contributed by atoms with Gasteiger partial charge in [0.25, 0.3) is 0 Å². The summed E-state index contributed by atoms with van der Waals surface area (Å²) >= 11 is 5.88. The van der Waals surface area contributed by atoms with Gasteiger partial charge in [0.05, 0.1) is 0 Å². The highest BCUT2D eigenvalue weighted by atomic mass is 35.5. The first kappa shape index (κ1) is 17.6. The monoisotopic (exact) mass is 329 g/mol. The van der Waals surface area contributed by atoms with Gasteiger partial charge in [0.15, 0.2) is 0 Å². The molecule has 2 aromatic rings. The molecule has 0 heterocycles. The van der Waals surface area contributed by atoms with E-state index >= 15 is 0 Å². The molecule has 0 N–H and O–H groups in total. The van der Waals surface area contributed by atoms with Gasteiger partial charge in [-0.2, -0.15) is 0 Å². The lowest BCUT2D eigenvalue weighted by Crippen LogP contribution is -2.22. The van der Waals surface area contributed by atoms with Gasteiger partial charge < -0.3 is 9.64 Å². The van der Waals surface area contributed by atoms with Crippen LogP contribution >= 0.6 is 11.6 Å². The molecule has 0 radical (unpaired) electrons. The molecule has 0 aliphatic rings. The molecule has 0 saturated carbocycles. The zero-order valence-electron chi connectivity index (χ0n) is 14.1. The second-order valence-electron chi connectivity index (χ2n) is 5.45. The largest absolute Gasteiger partial charge is 0.457 e. The lowest BCUT2D eigenvalue weighted by molar-refractivity contribution is 0.337. The molecule has 0 bridgehead atoms. The Hall–Kier alpha value is -1.77. The topological polar surface area (TPSA) is 12.5 Å². The maximum Gasteiger partial charge on any atom is 0.127 e. The Morgan fingerprint density at radius 2 is 1.48 bits per heavy atom. The third-order valence-corrected chi connectivity index (χ3v) is 4.16. The number of nitrogens with zero attached hydrogens (tertiary/aromatic N) is 1. The van der Waals surface area contributed by atoms with Gasteiger partial charge in [0, 0.05) is 11.6 Å². The summed E-state index contributed by atoms with van der Waals surface area (Å²) in [6.45, 7) is 9.67. The SMILES string of the molecule is CCN(CC)CC=C(C)c1ccc(Oc2ccc(Cl)cc2)cc1. The fourth-order valence-corrected chi connectivity index (χ4v) is 2.42. The van der Waals surface area contributed by atoms with Crippen molar-refractivity contribution in [1.82, 2.24) is 4.90 Å². The Morgan fingerprint density at radius 1 is 0.957 bits per heavy atom. The number of hydrogen-bond donors (Lipinski definition) is 0. The first-order chi connectivity index (χ1) is 11.1. The van der Waals surface area contributed by atoms with Crippen molar-refractivity contribution in [2.45, 2.75) is 20.8 Å². The predicted molar refractivity (Wildman–Crippen MR) is 99.4 cm³/mol. The zero-order chi connectivity index (χ0) is 16.7. The average Bonchev–Trinajstić information content (AvgIpc) is 2.58. The fraction of sp³-hybridized carbons (Fsp3) is 0.300. The van der Waals surface area contributed by atoms with Crippen LogP contribution in [0.3, 0.4) is 0 Å². The van der Waals surface area contributed by atoms with Crippen LogP contribution in [0.4, 0.5) is 0 Å². The lowest BCUT2D eigenvalue weighted by Gasteiger charge is -2.16. The van der Waals surface area contributed by atoms with Crippen molar-refractivity contribution in [3.63, 3.8) is 0 Å². The summed E-state index contributed by atoms with van der Waals surface area (Å²) in [4.78, 5) is 2.39. The molecule has 0 saturated heterocycles. The second-order valence-corrected chi connectivity index (χ2v) is 5.89. The smallest absolute Gasteiger partial charge is 0.127 e. The first-order valence-corrected chi connectivity index (χ1v) is 8.43. The summed E-state index contributed by atoms with van der Waals surface area (Å²) in [5.41, 5.74) is 2.51. The minimum absolute atomic E-state index is 0.710. The van der Waals surface area contributed by atoms with Gasteiger partial charge in [0.2, 0.25) is 0 Å². The van der Waals surface area contributed by atoms with E-state index in [1.54, 1.807) is 0 Å². The molecule has 23 heavy (non-hydrogen) atoms. The van der Waals surface area contributed by atoms with E-state index in [4.69, 9.17) is 16.3 Å². The number of ether oxygens (including phenoxy) is 1.